The molecule has 0 saturated heterocycles. The second-order valence-corrected chi connectivity index (χ2v) is 8.14. The summed E-state index contributed by atoms with van der Waals surface area (Å²) in [5.74, 6) is 0.306. The predicted octanol–water partition coefficient (Wildman–Crippen LogP) is 4.05. The summed E-state index contributed by atoms with van der Waals surface area (Å²) in [6, 6.07) is 9.43. The van der Waals surface area contributed by atoms with Crippen LogP contribution in [0.3, 0.4) is 0 Å². The standard InChI is InChI=1S/C18H16F3N3O2S/c1-2-27(25,26)15-7-8-16-13(9-15)11-23-17(24-16)22-10-12-3-5-14(6-4-12)18(19,20)21/h3-9,11H,2,10H2,1H3,(H,22,23,24). The third-order valence-corrected chi connectivity index (χ3v) is 5.75. The van der Waals surface area contributed by atoms with Crippen LogP contribution in [0, 0.1) is 0 Å². The fourth-order valence-electron chi connectivity index (χ4n) is 2.45. The lowest BCUT2D eigenvalue weighted by Gasteiger charge is -2.09. The minimum atomic E-state index is -4.36. The van der Waals surface area contributed by atoms with Gasteiger partial charge < -0.3 is 5.32 Å². The molecule has 0 aliphatic heterocycles. The Labute approximate surface area is 154 Å². The number of aromatic nitrogens is 2. The van der Waals surface area contributed by atoms with Crippen LogP contribution in [0.2, 0.25) is 0 Å². The van der Waals surface area contributed by atoms with E-state index in [1.807, 2.05) is 0 Å². The average molecular weight is 395 g/mol. The summed E-state index contributed by atoms with van der Waals surface area (Å²) in [7, 11) is -3.31. The van der Waals surface area contributed by atoms with Gasteiger partial charge in [0.25, 0.3) is 0 Å². The Hall–Kier alpha value is -2.68. The van der Waals surface area contributed by atoms with Gasteiger partial charge in [0, 0.05) is 18.1 Å². The molecule has 0 spiro atoms. The summed E-state index contributed by atoms with van der Waals surface area (Å²) in [5, 5.41) is 3.53. The predicted molar refractivity (Wildman–Crippen MR) is 96.0 cm³/mol. The molecule has 5 nitrogen and oxygen atoms in total. The van der Waals surface area contributed by atoms with Crippen LogP contribution < -0.4 is 5.32 Å². The second-order valence-electron chi connectivity index (χ2n) is 5.87. The summed E-state index contributed by atoms with van der Waals surface area (Å²) in [6.07, 6.45) is -2.86. The first-order valence-electron chi connectivity index (χ1n) is 8.08. The lowest BCUT2D eigenvalue weighted by molar-refractivity contribution is -0.137. The van der Waals surface area contributed by atoms with E-state index < -0.39 is 21.6 Å². The summed E-state index contributed by atoms with van der Waals surface area (Å²) in [5.41, 5.74) is 0.511. The van der Waals surface area contributed by atoms with Crippen molar-refractivity contribution in [1.82, 2.24) is 9.97 Å². The van der Waals surface area contributed by atoms with Crippen molar-refractivity contribution in [2.75, 3.05) is 11.1 Å². The van der Waals surface area contributed by atoms with E-state index in [0.717, 1.165) is 12.1 Å². The number of nitrogens with one attached hydrogen (secondary N) is 1. The molecule has 9 heteroatoms. The Morgan fingerprint density at radius 1 is 1.07 bits per heavy atom. The first kappa shape index (κ1) is 19.1. The van der Waals surface area contributed by atoms with Crippen molar-refractivity contribution < 1.29 is 21.6 Å². The van der Waals surface area contributed by atoms with E-state index in [4.69, 9.17) is 0 Å². The number of benzene rings is 2. The number of anilines is 1. The molecule has 27 heavy (non-hydrogen) atoms. The number of sulfone groups is 1. The van der Waals surface area contributed by atoms with Crippen LogP contribution in [-0.2, 0) is 22.6 Å². The number of nitrogens with zero attached hydrogens (tertiary/aromatic N) is 2. The molecule has 0 unspecified atom stereocenters. The quantitative estimate of drug-likeness (QED) is 0.706. The molecule has 1 N–H and O–H groups in total. The molecule has 0 amide bonds. The zero-order chi connectivity index (χ0) is 19.7. The first-order valence-corrected chi connectivity index (χ1v) is 9.74. The highest BCUT2D eigenvalue weighted by Gasteiger charge is 2.29. The van der Waals surface area contributed by atoms with Gasteiger partial charge in [0.1, 0.15) is 0 Å². The molecule has 3 aromatic rings. The van der Waals surface area contributed by atoms with Crippen LogP contribution >= 0.6 is 0 Å². The number of hydrogen-bond acceptors (Lipinski definition) is 5. The number of rotatable bonds is 5. The SMILES string of the molecule is CCS(=O)(=O)c1ccc2nc(NCc3ccc(C(F)(F)F)cc3)ncc2c1. The van der Waals surface area contributed by atoms with E-state index in [1.54, 1.807) is 13.0 Å². The van der Waals surface area contributed by atoms with Gasteiger partial charge in [-0.1, -0.05) is 19.1 Å². The van der Waals surface area contributed by atoms with Crippen molar-refractivity contribution in [3.05, 3.63) is 59.8 Å². The molecule has 3 rings (SSSR count). The highest BCUT2D eigenvalue weighted by Crippen LogP contribution is 2.29. The van der Waals surface area contributed by atoms with E-state index in [0.29, 0.717) is 22.4 Å². The minimum absolute atomic E-state index is 0.00608. The van der Waals surface area contributed by atoms with Crippen LogP contribution in [0.4, 0.5) is 19.1 Å². The van der Waals surface area contributed by atoms with Gasteiger partial charge in [-0.2, -0.15) is 13.2 Å². The highest BCUT2D eigenvalue weighted by molar-refractivity contribution is 7.91. The largest absolute Gasteiger partial charge is 0.416 e. The normalized spacial score (nSPS) is 12.3. The van der Waals surface area contributed by atoms with Gasteiger partial charge in [0.05, 0.1) is 21.7 Å². The molecule has 0 atom stereocenters. The van der Waals surface area contributed by atoms with Gasteiger partial charge in [-0.3, -0.25) is 0 Å². The summed E-state index contributed by atoms with van der Waals surface area (Å²) < 4.78 is 61.6. The van der Waals surface area contributed by atoms with Crippen LogP contribution in [0.5, 0.6) is 0 Å². The topological polar surface area (TPSA) is 72.0 Å². The van der Waals surface area contributed by atoms with Gasteiger partial charge in [-0.15, -0.1) is 0 Å². The Kier molecular flexibility index (Phi) is 5.05. The van der Waals surface area contributed by atoms with E-state index >= 15 is 0 Å². The molecule has 0 aliphatic carbocycles. The first-order chi connectivity index (χ1) is 12.7. The molecular weight excluding hydrogens is 379 g/mol. The Balaban J connectivity index is 1.75. The molecule has 142 valence electrons. The van der Waals surface area contributed by atoms with Crippen LogP contribution in [0.1, 0.15) is 18.1 Å². The number of halogens is 3. The molecular formula is C18H16F3N3O2S. The lowest BCUT2D eigenvalue weighted by atomic mass is 10.1. The van der Waals surface area contributed by atoms with Gasteiger partial charge in [-0.25, -0.2) is 18.4 Å². The zero-order valence-corrected chi connectivity index (χ0v) is 15.1. The number of fused-ring (bicyclic) bond motifs is 1. The van der Waals surface area contributed by atoms with Crippen molar-refractivity contribution in [2.24, 2.45) is 0 Å². The average Bonchev–Trinajstić information content (AvgIpc) is 2.65. The van der Waals surface area contributed by atoms with Gasteiger partial charge in [0.2, 0.25) is 5.95 Å². The fourth-order valence-corrected chi connectivity index (χ4v) is 3.36. The van der Waals surface area contributed by atoms with Gasteiger partial charge in [0.15, 0.2) is 9.84 Å². The number of hydrogen-bond donors (Lipinski definition) is 1. The molecule has 0 aliphatic rings. The van der Waals surface area contributed by atoms with Crippen molar-refractivity contribution >= 4 is 26.7 Å². The van der Waals surface area contributed by atoms with E-state index in [-0.39, 0.29) is 17.2 Å². The lowest BCUT2D eigenvalue weighted by Crippen LogP contribution is -2.07. The summed E-state index contributed by atoms with van der Waals surface area (Å²) >= 11 is 0. The summed E-state index contributed by atoms with van der Waals surface area (Å²) in [4.78, 5) is 8.64. The maximum absolute atomic E-state index is 12.6. The Morgan fingerprint density at radius 3 is 2.41 bits per heavy atom. The van der Waals surface area contributed by atoms with Crippen molar-refractivity contribution in [3.8, 4) is 0 Å². The molecule has 0 saturated carbocycles. The summed E-state index contributed by atoms with van der Waals surface area (Å²) in [6.45, 7) is 1.83. The third-order valence-electron chi connectivity index (χ3n) is 4.02. The molecule has 2 aromatic carbocycles. The van der Waals surface area contributed by atoms with Crippen LogP contribution in [0.25, 0.3) is 10.9 Å². The van der Waals surface area contributed by atoms with Crippen molar-refractivity contribution in [2.45, 2.75) is 24.5 Å². The maximum atomic E-state index is 12.6. The minimum Gasteiger partial charge on any atom is -0.350 e. The van der Waals surface area contributed by atoms with Crippen LogP contribution in [0.15, 0.2) is 53.6 Å². The highest BCUT2D eigenvalue weighted by atomic mass is 32.2. The molecule has 1 heterocycles. The second kappa shape index (κ2) is 7.15. The van der Waals surface area contributed by atoms with Gasteiger partial charge in [-0.05, 0) is 35.9 Å². The monoisotopic (exact) mass is 395 g/mol. The fraction of sp³-hybridized carbons (Fsp3) is 0.222. The zero-order valence-electron chi connectivity index (χ0n) is 14.3. The van der Waals surface area contributed by atoms with Crippen molar-refractivity contribution in [1.29, 1.82) is 0 Å². The molecule has 0 radical (unpaired) electrons. The molecule has 1 aromatic heterocycles. The number of alkyl halides is 3. The van der Waals surface area contributed by atoms with E-state index in [9.17, 15) is 21.6 Å². The Morgan fingerprint density at radius 2 is 1.78 bits per heavy atom. The Bertz CT molecular complexity index is 1070. The van der Waals surface area contributed by atoms with Crippen LogP contribution in [-0.4, -0.2) is 24.1 Å². The van der Waals surface area contributed by atoms with Crippen molar-refractivity contribution in [3.63, 3.8) is 0 Å². The van der Waals surface area contributed by atoms with Gasteiger partial charge >= 0.3 is 6.18 Å². The third kappa shape index (κ3) is 4.36. The molecule has 0 fully saturated rings. The van der Waals surface area contributed by atoms with E-state index in [2.05, 4.69) is 15.3 Å². The smallest absolute Gasteiger partial charge is 0.350 e. The molecule has 0 bridgehead atoms. The maximum Gasteiger partial charge on any atom is 0.416 e. The van der Waals surface area contributed by atoms with E-state index in [1.165, 1.54) is 30.5 Å².